The second-order valence-electron chi connectivity index (χ2n) is 6.02. The van der Waals surface area contributed by atoms with E-state index in [1.165, 1.54) is 17.4 Å². The fourth-order valence-electron chi connectivity index (χ4n) is 2.84. The molecule has 1 atom stereocenters. The molecule has 1 N–H and O–H groups in total. The van der Waals surface area contributed by atoms with Crippen LogP contribution in [0.3, 0.4) is 0 Å². The molecule has 1 aliphatic rings. The van der Waals surface area contributed by atoms with Crippen LogP contribution in [0.1, 0.15) is 27.9 Å². The van der Waals surface area contributed by atoms with E-state index in [1.54, 1.807) is 23.1 Å². The summed E-state index contributed by atoms with van der Waals surface area (Å²) < 4.78 is 34.7. The van der Waals surface area contributed by atoms with Gasteiger partial charge in [-0.3, -0.25) is 9.48 Å². The van der Waals surface area contributed by atoms with Crippen LogP contribution in [-0.2, 0) is 11.8 Å². The van der Waals surface area contributed by atoms with Crippen molar-refractivity contribution in [1.82, 2.24) is 9.78 Å². The molecule has 3 aromatic rings. The van der Waals surface area contributed by atoms with Crippen molar-refractivity contribution >= 4 is 22.9 Å². The van der Waals surface area contributed by atoms with E-state index in [4.69, 9.17) is 4.74 Å². The number of anilines is 1. The molecule has 4 rings (SSSR count). The Morgan fingerprint density at radius 2 is 2.07 bits per heavy atom. The molecule has 1 unspecified atom stereocenters. The van der Waals surface area contributed by atoms with E-state index in [0.29, 0.717) is 4.88 Å². The summed E-state index contributed by atoms with van der Waals surface area (Å²) in [6.45, 7) is 0. The van der Waals surface area contributed by atoms with Crippen LogP contribution in [0.25, 0.3) is 10.6 Å². The lowest BCUT2D eigenvalue weighted by atomic mass is 10.2. The van der Waals surface area contributed by atoms with Crippen molar-refractivity contribution < 1.29 is 18.3 Å². The summed E-state index contributed by atoms with van der Waals surface area (Å²) in [6.07, 6.45) is 4.27. The van der Waals surface area contributed by atoms with E-state index >= 15 is 0 Å². The van der Waals surface area contributed by atoms with Crippen LogP contribution in [-0.4, -0.2) is 15.7 Å². The van der Waals surface area contributed by atoms with Crippen molar-refractivity contribution in [1.29, 1.82) is 0 Å². The number of carbonyl (C=O) groups excluding carboxylic acids is 1. The highest BCUT2D eigenvalue weighted by atomic mass is 32.1. The molecule has 5 nitrogen and oxygen atoms in total. The molecular formula is C19H15F2N3O2S. The van der Waals surface area contributed by atoms with Crippen molar-refractivity contribution in [2.45, 2.75) is 12.5 Å². The van der Waals surface area contributed by atoms with E-state index in [2.05, 4.69) is 10.4 Å². The number of rotatable bonds is 4. The van der Waals surface area contributed by atoms with Crippen LogP contribution in [0.4, 0.5) is 14.5 Å². The number of hydrogen-bond donors (Lipinski definition) is 1. The van der Waals surface area contributed by atoms with Crippen molar-refractivity contribution in [3.8, 4) is 10.6 Å². The molecule has 0 radical (unpaired) electrons. The first-order valence-corrected chi connectivity index (χ1v) is 9.04. The first kappa shape index (κ1) is 17.4. The van der Waals surface area contributed by atoms with Gasteiger partial charge in [-0.25, -0.2) is 8.78 Å². The van der Waals surface area contributed by atoms with Crippen molar-refractivity contribution in [3.63, 3.8) is 0 Å². The normalized spacial score (nSPS) is 15.7. The van der Waals surface area contributed by atoms with Gasteiger partial charge < -0.3 is 10.1 Å². The van der Waals surface area contributed by atoms with Crippen molar-refractivity contribution in [3.05, 3.63) is 70.9 Å². The van der Waals surface area contributed by atoms with E-state index in [0.717, 1.165) is 34.8 Å². The maximum Gasteiger partial charge on any atom is 0.265 e. The van der Waals surface area contributed by atoms with Gasteiger partial charge in [0, 0.05) is 13.5 Å². The van der Waals surface area contributed by atoms with Crippen molar-refractivity contribution in [2.24, 2.45) is 7.05 Å². The Morgan fingerprint density at radius 1 is 1.30 bits per heavy atom. The number of aryl methyl sites for hydroxylation is 1. The third kappa shape index (κ3) is 3.35. The number of hydrogen-bond acceptors (Lipinski definition) is 4. The van der Waals surface area contributed by atoms with Gasteiger partial charge in [0.25, 0.3) is 5.91 Å². The Bertz CT molecular complexity index is 1010. The first-order valence-electron chi connectivity index (χ1n) is 8.23. The average molecular weight is 387 g/mol. The van der Waals surface area contributed by atoms with Gasteiger partial charge in [-0.05, 0) is 36.4 Å². The summed E-state index contributed by atoms with van der Waals surface area (Å²) in [5, 5.41) is 6.77. The Balaban J connectivity index is 1.56. The van der Waals surface area contributed by atoms with Gasteiger partial charge in [0.2, 0.25) is 0 Å². The lowest BCUT2D eigenvalue weighted by molar-refractivity contribution is 0.102. The SMILES string of the molecule is Cn1nc(C2CC=CO2)cc1-c1ccc(C(=O)Nc2c(F)cccc2F)s1. The molecule has 138 valence electrons. The van der Waals surface area contributed by atoms with Gasteiger partial charge in [0.1, 0.15) is 29.1 Å². The van der Waals surface area contributed by atoms with Gasteiger partial charge in [0.15, 0.2) is 0 Å². The minimum atomic E-state index is -0.818. The fraction of sp³-hybridized carbons (Fsp3) is 0.158. The molecule has 0 aliphatic carbocycles. The number of nitrogens with zero attached hydrogens (tertiary/aromatic N) is 2. The number of thiophene rings is 1. The van der Waals surface area contributed by atoms with E-state index in [9.17, 15) is 13.6 Å². The zero-order chi connectivity index (χ0) is 19.0. The molecule has 0 fully saturated rings. The lowest BCUT2D eigenvalue weighted by Crippen LogP contribution is -2.12. The number of nitrogens with one attached hydrogen (secondary N) is 1. The summed E-state index contributed by atoms with van der Waals surface area (Å²) in [6, 6.07) is 8.75. The maximum absolute atomic E-state index is 13.7. The zero-order valence-electron chi connectivity index (χ0n) is 14.3. The predicted octanol–water partition coefficient (Wildman–Crippen LogP) is 4.65. The third-order valence-corrected chi connectivity index (χ3v) is 5.31. The van der Waals surface area contributed by atoms with Crippen LogP contribution in [0, 0.1) is 11.6 Å². The quantitative estimate of drug-likeness (QED) is 0.709. The molecule has 27 heavy (non-hydrogen) atoms. The second-order valence-corrected chi connectivity index (χ2v) is 7.11. The highest BCUT2D eigenvalue weighted by Crippen LogP contribution is 2.33. The standard InChI is InChI=1S/C19H15F2N3O2S/c1-24-14(10-13(23-24)15-6-3-9-26-15)16-7-8-17(27-16)19(25)22-18-11(20)4-2-5-12(18)21/h2-5,7-10,15H,6H2,1H3,(H,22,25). The Kier molecular flexibility index (Phi) is 4.49. The lowest BCUT2D eigenvalue weighted by Gasteiger charge is -2.05. The first-order chi connectivity index (χ1) is 13.0. The summed E-state index contributed by atoms with van der Waals surface area (Å²) in [5.74, 6) is -2.20. The van der Waals surface area contributed by atoms with Crippen LogP contribution < -0.4 is 5.32 Å². The molecule has 0 spiro atoms. The molecule has 8 heteroatoms. The van der Waals surface area contributed by atoms with Crippen LogP contribution in [0.5, 0.6) is 0 Å². The minimum absolute atomic E-state index is 0.100. The van der Waals surface area contributed by atoms with E-state index in [-0.39, 0.29) is 6.10 Å². The number of aromatic nitrogens is 2. The molecule has 0 saturated carbocycles. The van der Waals surface area contributed by atoms with Gasteiger partial charge in [-0.2, -0.15) is 5.10 Å². The molecule has 0 bridgehead atoms. The Labute approximate surface area is 157 Å². The summed E-state index contributed by atoms with van der Waals surface area (Å²) >= 11 is 1.22. The predicted molar refractivity (Wildman–Crippen MR) is 98.4 cm³/mol. The summed E-state index contributed by atoms with van der Waals surface area (Å²) in [7, 11) is 1.81. The van der Waals surface area contributed by atoms with Gasteiger partial charge >= 0.3 is 0 Å². The Hall–Kier alpha value is -3.00. The Morgan fingerprint density at radius 3 is 2.78 bits per heavy atom. The summed E-state index contributed by atoms with van der Waals surface area (Å²) in [4.78, 5) is 13.5. The van der Waals surface area contributed by atoms with E-state index < -0.39 is 23.2 Å². The van der Waals surface area contributed by atoms with Crippen LogP contribution in [0.2, 0.25) is 0 Å². The highest BCUT2D eigenvalue weighted by Gasteiger charge is 2.21. The monoisotopic (exact) mass is 387 g/mol. The molecule has 3 heterocycles. The number of halogens is 2. The molecule has 1 aliphatic heterocycles. The van der Waals surface area contributed by atoms with Gasteiger partial charge in [0.05, 0.1) is 21.7 Å². The smallest absolute Gasteiger partial charge is 0.265 e. The van der Waals surface area contributed by atoms with Gasteiger partial charge in [-0.1, -0.05) is 6.07 Å². The topological polar surface area (TPSA) is 56.2 Å². The molecular weight excluding hydrogens is 372 g/mol. The largest absolute Gasteiger partial charge is 0.492 e. The second kappa shape index (κ2) is 6.96. The third-order valence-electron chi connectivity index (χ3n) is 4.20. The van der Waals surface area contributed by atoms with Crippen LogP contribution in [0.15, 0.2) is 48.7 Å². The average Bonchev–Trinajstić information content (AvgIpc) is 3.37. The fourth-order valence-corrected chi connectivity index (χ4v) is 3.79. The number of benzene rings is 1. The molecule has 2 aromatic heterocycles. The molecule has 1 amide bonds. The summed E-state index contributed by atoms with van der Waals surface area (Å²) in [5.41, 5.74) is 1.19. The zero-order valence-corrected chi connectivity index (χ0v) is 15.1. The van der Waals surface area contributed by atoms with Crippen molar-refractivity contribution in [2.75, 3.05) is 5.32 Å². The number of amides is 1. The maximum atomic E-state index is 13.7. The minimum Gasteiger partial charge on any atom is -0.492 e. The van der Waals surface area contributed by atoms with Gasteiger partial charge in [-0.15, -0.1) is 11.3 Å². The van der Waals surface area contributed by atoms with E-state index in [1.807, 2.05) is 19.2 Å². The highest BCUT2D eigenvalue weighted by molar-refractivity contribution is 7.17. The molecule has 1 aromatic carbocycles. The molecule has 0 saturated heterocycles. The van der Waals surface area contributed by atoms with Crippen LogP contribution >= 0.6 is 11.3 Å². The number of carbonyl (C=O) groups is 1. The number of para-hydroxylation sites is 1. The number of ether oxygens (including phenoxy) is 1.